The second-order valence-corrected chi connectivity index (χ2v) is 8.31. The molecule has 0 bridgehead atoms. The number of likely N-dealkylation sites (tertiary alicyclic amines) is 1. The van der Waals surface area contributed by atoms with Crippen molar-refractivity contribution in [1.29, 1.82) is 0 Å². The Morgan fingerprint density at radius 2 is 1.94 bits per heavy atom. The number of furan rings is 1. The van der Waals surface area contributed by atoms with Crippen LogP contribution in [0, 0.1) is 0 Å². The molecular weight excluding hydrogens is 416 g/mol. The summed E-state index contributed by atoms with van der Waals surface area (Å²) >= 11 is 0. The van der Waals surface area contributed by atoms with Gasteiger partial charge in [0.15, 0.2) is 5.96 Å². The Hall–Kier alpha value is -3.78. The van der Waals surface area contributed by atoms with Crippen LogP contribution in [0.25, 0.3) is 22.2 Å². The third kappa shape index (κ3) is 4.42. The Morgan fingerprint density at radius 3 is 2.70 bits per heavy atom. The molecule has 5 rings (SSSR count). The average molecular weight is 445 g/mol. The summed E-state index contributed by atoms with van der Waals surface area (Å²) in [5.74, 6) is 1.29. The largest absolute Gasteiger partial charge is 0.496 e. The maximum absolute atomic E-state index is 6.11. The van der Waals surface area contributed by atoms with Crippen molar-refractivity contribution < 1.29 is 9.15 Å². The van der Waals surface area contributed by atoms with Gasteiger partial charge in [0, 0.05) is 22.7 Å². The number of fused-ring (bicyclic) bond motifs is 1. The van der Waals surface area contributed by atoms with Crippen molar-refractivity contribution in [3.05, 3.63) is 72.1 Å². The average Bonchev–Trinajstić information content (AvgIpc) is 3.58. The van der Waals surface area contributed by atoms with Crippen molar-refractivity contribution in [1.82, 2.24) is 14.7 Å². The molecule has 1 atom stereocenters. The van der Waals surface area contributed by atoms with E-state index in [2.05, 4.69) is 9.89 Å². The summed E-state index contributed by atoms with van der Waals surface area (Å²) in [6, 6.07) is 17.2. The molecule has 1 aliphatic heterocycles. The molecule has 170 valence electrons. The number of aromatic nitrogens is 2. The maximum Gasteiger partial charge on any atom is 0.186 e. The van der Waals surface area contributed by atoms with Crippen LogP contribution < -0.4 is 16.2 Å². The van der Waals surface area contributed by atoms with E-state index < -0.39 is 6.04 Å². The number of benzene rings is 2. The van der Waals surface area contributed by atoms with Crippen LogP contribution >= 0.6 is 0 Å². The van der Waals surface area contributed by atoms with Crippen LogP contribution in [0.15, 0.2) is 70.2 Å². The Bertz CT molecular complexity index is 1250. The molecular formula is C25H28N6O2. The number of methoxy groups -OCH3 is 1. The van der Waals surface area contributed by atoms with Gasteiger partial charge in [-0.25, -0.2) is 4.99 Å². The van der Waals surface area contributed by atoms with E-state index in [0.29, 0.717) is 11.5 Å². The first-order chi connectivity index (χ1) is 16.1. The van der Waals surface area contributed by atoms with Crippen LogP contribution in [-0.4, -0.2) is 40.8 Å². The van der Waals surface area contributed by atoms with Crippen molar-refractivity contribution in [2.75, 3.05) is 20.2 Å². The number of nitrogens with two attached hydrogens (primary N) is 2. The number of nitrogens with zero attached hydrogens (tertiary/aromatic N) is 4. The van der Waals surface area contributed by atoms with Crippen molar-refractivity contribution in [2.45, 2.75) is 25.6 Å². The zero-order chi connectivity index (χ0) is 22.8. The monoisotopic (exact) mass is 444 g/mol. The van der Waals surface area contributed by atoms with E-state index in [1.54, 1.807) is 7.11 Å². The van der Waals surface area contributed by atoms with Crippen LogP contribution in [0.4, 0.5) is 0 Å². The second-order valence-electron chi connectivity index (χ2n) is 8.31. The van der Waals surface area contributed by atoms with Crippen LogP contribution in [0.5, 0.6) is 5.75 Å². The predicted molar refractivity (Wildman–Crippen MR) is 129 cm³/mol. The molecule has 8 heteroatoms. The molecule has 0 amide bonds. The van der Waals surface area contributed by atoms with Gasteiger partial charge in [0.25, 0.3) is 0 Å². The molecule has 0 radical (unpaired) electrons. The number of guanidine groups is 1. The quantitative estimate of drug-likeness (QED) is 0.332. The van der Waals surface area contributed by atoms with Gasteiger partial charge in [0.05, 0.1) is 19.5 Å². The van der Waals surface area contributed by atoms with Crippen molar-refractivity contribution in [2.24, 2.45) is 16.5 Å². The first-order valence-corrected chi connectivity index (χ1v) is 11.1. The van der Waals surface area contributed by atoms with Crippen molar-refractivity contribution >= 4 is 16.9 Å². The summed E-state index contributed by atoms with van der Waals surface area (Å²) in [6.07, 6.45) is 4.53. The van der Waals surface area contributed by atoms with E-state index in [1.807, 2.05) is 65.5 Å². The molecule has 4 N–H and O–H groups in total. The highest BCUT2D eigenvalue weighted by molar-refractivity contribution is 5.79. The summed E-state index contributed by atoms with van der Waals surface area (Å²) in [5, 5.41) is 5.78. The molecule has 1 saturated heterocycles. The Morgan fingerprint density at radius 1 is 1.12 bits per heavy atom. The standard InChI is InChI=1S/C25H28N6O2/c1-32-22-9-8-17(20-10-13-31(29-20)16-30-11-4-5-12-30)14-19(22)24(28-25(26)27)23-15-18-6-2-3-7-21(18)33-23/h2-3,6-10,13-15,24H,4-5,11-12,16H2,1H3,(H4,26,27,28). The van der Waals surface area contributed by atoms with Crippen molar-refractivity contribution in [3.8, 4) is 17.0 Å². The van der Waals surface area contributed by atoms with Gasteiger partial charge in [-0.1, -0.05) is 18.2 Å². The van der Waals surface area contributed by atoms with Gasteiger partial charge in [-0.05, 0) is 62.3 Å². The number of para-hydroxylation sites is 1. The number of hydrogen-bond acceptors (Lipinski definition) is 5. The number of ether oxygens (including phenoxy) is 1. The molecule has 2 aromatic heterocycles. The summed E-state index contributed by atoms with van der Waals surface area (Å²) < 4.78 is 13.8. The molecule has 4 aromatic rings. The third-order valence-corrected chi connectivity index (χ3v) is 6.00. The lowest BCUT2D eigenvalue weighted by Crippen LogP contribution is -2.24. The molecule has 2 aromatic carbocycles. The minimum Gasteiger partial charge on any atom is -0.496 e. The maximum atomic E-state index is 6.11. The van der Waals surface area contributed by atoms with Gasteiger partial charge in [-0.15, -0.1) is 0 Å². The lowest BCUT2D eigenvalue weighted by molar-refractivity contribution is 0.256. The zero-order valence-corrected chi connectivity index (χ0v) is 18.6. The fourth-order valence-corrected chi connectivity index (χ4v) is 4.40. The highest BCUT2D eigenvalue weighted by atomic mass is 16.5. The smallest absolute Gasteiger partial charge is 0.186 e. The van der Waals surface area contributed by atoms with Crippen LogP contribution in [-0.2, 0) is 6.67 Å². The SMILES string of the molecule is COc1ccc(-c2ccn(CN3CCCC3)n2)cc1C(N=C(N)N)c1cc2ccccc2o1. The third-order valence-electron chi connectivity index (χ3n) is 6.00. The first kappa shape index (κ1) is 21.1. The van der Waals surface area contributed by atoms with Crippen LogP contribution in [0.3, 0.4) is 0 Å². The molecule has 0 saturated carbocycles. The summed E-state index contributed by atoms with van der Waals surface area (Å²) in [5.41, 5.74) is 15.0. The van der Waals surface area contributed by atoms with E-state index in [9.17, 15) is 0 Å². The molecule has 33 heavy (non-hydrogen) atoms. The molecule has 1 fully saturated rings. The summed E-state index contributed by atoms with van der Waals surface area (Å²) in [4.78, 5) is 6.91. The molecule has 0 aliphatic carbocycles. The fourth-order valence-electron chi connectivity index (χ4n) is 4.40. The molecule has 1 unspecified atom stereocenters. The highest BCUT2D eigenvalue weighted by Crippen LogP contribution is 2.38. The predicted octanol–water partition coefficient (Wildman–Crippen LogP) is 3.72. The molecule has 0 spiro atoms. The Kier molecular flexibility index (Phi) is 5.75. The van der Waals surface area contributed by atoms with Gasteiger partial charge in [-0.2, -0.15) is 5.10 Å². The number of aliphatic imine (C=N–C) groups is 1. The van der Waals surface area contributed by atoms with E-state index >= 15 is 0 Å². The minimum atomic E-state index is -0.552. The molecule has 3 heterocycles. The normalized spacial score (nSPS) is 15.1. The van der Waals surface area contributed by atoms with Gasteiger partial charge >= 0.3 is 0 Å². The molecule has 8 nitrogen and oxygen atoms in total. The Labute approximate surface area is 192 Å². The summed E-state index contributed by atoms with van der Waals surface area (Å²) in [7, 11) is 1.63. The van der Waals surface area contributed by atoms with E-state index in [-0.39, 0.29) is 5.96 Å². The zero-order valence-electron chi connectivity index (χ0n) is 18.6. The van der Waals surface area contributed by atoms with Crippen LogP contribution in [0.1, 0.15) is 30.2 Å². The van der Waals surface area contributed by atoms with Gasteiger partial charge in [0.1, 0.15) is 23.1 Å². The van der Waals surface area contributed by atoms with E-state index in [4.69, 9.17) is 25.7 Å². The lowest BCUT2D eigenvalue weighted by atomic mass is 9.99. The highest BCUT2D eigenvalue weighted by Gasteiger charge is 2.23. The van der Waals surface area contributed by atoms with Gasteiger partial charge < -0.3 is 20.6 Å². The molecule has 1 aliphatic rings. The topological polar surface area (TPSA) is 108 Å². The minimum absolute atomic E-state index is 0.0252. The number of hydrogen-bond donors (Lipinski definition) is 2. The lowest BCUT2D eigenvalue weighted by Gasteiger charge is -2.16. The van der Waals surface area contributed by atoms with Gasteiger partial charge in [0.2, 0.25) is 0 Å². The van der Waals surface area contributed by atoms with E-state index in [0.717, 1.165) is 47.5 Å². The summed E-state index contributed by atoms with van der Waals surface area (Å²) in [6.45, 7) is 3.05. The number of rotatable bonds is 7. The van der Waals surface area contributed by atoms with Crippen LogP contribution in [0.2, 0.25) is 0 Å². The van der Waals surface area contributed by atoms with E-state index in [1.165, 1.54) is 12.8 Å². The fraction of sp³-hybridized carbons (Fsp3) is 0.280. The van der Waals surface area contributed by atoms with Gasteiger partial charge in [-0.3, -0.25) is 9.58 Å². The second kappa shape index (κ2) is 8.99. The first-order valence-electron chi connectivity index (χ1n) is 11.1. The van der Waals surface area contributed by atoms with Crippen molar-refractivity contribution in [3.63, 3.8) is 0 Å². The Balaban J connectivity index is 1.53.